The third-order valence-corrected chi connectivity index (χ3v) is 8.05. The number of rotatable bonds is 9. The number of dihydropyridines is 1. The van der Waals surface area contributed by atoms with Gasteiger partial charge in [-0.1, -0.05) is 75.6 Å². The minimum Gasteiger partial charge on any atom is -0.464 e. The number of benzene rings is 1. The van der Waals surface area contributed by atoms with Gasteiger partial charge in [0.2, 0.25) is 0 Å². The number of aromatic amines is 1. The highest BCUT2D eigenvalue weighted by atomic mass is 16.3. The van der Waals surface area contributed by atoms with Crippen LogP contribution in [0.25, 0.3) is 11.0 Å². The van der Waals surface area contributed by atoms with E-state index in [1.54, 1.807) is 18.8 Å². The van der Waals surface area contributed by atoms with Crippen molar-refractivity contribution in [2.75, 3.05) is 13.1 Å². The number of nitrogens with one attached hydrogen (secondary N) is 1. The Balaban J connectivity index is 0.000000209. The number of aliphatic imine (C=N–C) groups is 1. The van der Waals surface area contributed by atoms with Crippen LogP contribution in [0.5, 0.6) is 0 Å². The summed E-state index contributed by atoms with van der Waals surface area (Å²) in [4.78, 5) is 26.5. The Bertz CT molecular complexity index is 1360. The highest BCUT2D eigenvalue weighted by molar-refractivity contribution is 6.13. The van der Waals surface area contributed by atoms with E-state index in [0.717, 1.165) is 78.1 Å². The van der Waals surface area contributed by atoms with Crippen molar-refractivity contribution in [1.29, 1.82) is 0 Å². The number of fused-ring (bicyclic) bond motifs is 2. The summed E-state index contributed by atoms with van der Waals surface area (Å²) in [7, 11) is 0. The molecule has 232 valence electrons. The second-order valence-electron chi connectivity index (χ2n) is 11.4. The normalized spacial score (nSPS) is 16.3. The molecule has 43 heavy (non-hydrogen) atoms. The van der Waals surface area contributed by atoms with Crippen molar-refractivity contribution in [3.05, 3.63) is 89.3 Å². The highest BCUT2D eigenvalue weighted by Crippen LogP contribution is 2.21. The topological polar surface area (TPSA) is 94.7 Å². The van der Waals surface area contributed by atoms with Crippen molar-refractivity contribution in [3.8, 4) is 0 Å². The number of carbonyl (C=O) groups is 1. The van der Waals surface area contributed by atoms with Crippen molar-refractivity contribution in [1.82, 2.24) is 14.9 Å². The van der Waals surface area contributed by atoms with Gasteiger partial charge < -0.3 is 19.4 Å². The van der Waals surface area contributed by atoms with Crippen LogP contribution in [0.15, 0.2) is 87.3 Å². The van der Waals surface area contributed by atoms with E-state index in [1.165, 1.54) is 18.4 Å². The first-order valence-corrected chi connectivity index (χ1v) is 15.8. The molecule has 0 bridgehead atoms. The van der Waals surface area contributed by atoms with Gasteiger partial charge in [0.15, 0.2) is 0 Å². The van der Waals surface area contributed by atoms with Gasteiger partial charge in [-0.2, -0.15) is 0 Å². The molecule has 0 fully saturated rings. The number of imidazole rings is 1. The molecule has 7 nitrogen and oxygen atoms in total. The first-order valence-electron chi connectivity index (χ1n) is 15.8. The second kappa shape index (κ2) is 18.1. The van der Waals surface area contributed by atoms with Crippen LogP contribution in [0.3, 0.4) is 0 Å². The number of hydrogen-bond donors (Lipinski definition) is 2. The molecule has 0 radical (unpaired) electrons. The van der Waals surface area contributed by atoms with E-state index in [9.17, 15) is 9.90 Å². The molecule has 0 spiro atoms. The monoisotopic (exact) mass is 586 g/mol. The number of aliphatic hydroxyl groups is 1. The standard InChI is InChI=1S/C18H22N4O.C10H22O.C8H6O/c1-3-13(2)4-5-14-6-8-19-10-15(14)18(23)22-9-7-16-17(11-22)21-12-20-16;1-4-6-10(11)8-7-9(3)5-2;1-2-4-8-7(3-1)5-6-9-8/h3-5,10,12H,6-9,11H2,1-2H3,(H,20,21);9-11H,4-8H2,1-3H3;1-6H/b5-4-,13-3-;;. The molecule has 0 saturated carbocycles. The maximum atomic E-state index is 12.9. The van der Waals surface area contributed by atoms with Gasteiger partial charge in [0.25, 0.3) is 5.91 Å². The molecule has 2 aliphatic heterocycles. The molecule has 5 rings (SSSR count). The number of allylic oxidation sites excluding steroid dienone is 4. The van der Waals surface area contributed by atoms with Crippen LogP contribution in [0.4, 0.5) is 0 Å². The molecule has 2 atom stereocenters. The highest BCUT2D eigenvalue weighted by Gasteiger charge is 2.26. The SMILES string of the molecule is C/C=C(C)\C=C/C1=C(C(=O)N2CCc3nc[nH]c3C2)C=NCC1.CCCC(O)CCC(C)CC.c1ccc2occc2c1. The Morgan fingerprint density at radius 1 is 1.16 bits per heavy atom. The van der Waals surface area contributed by atoms with E-state index < -0.39 is 0 Å². The lowest BCUT2D eigenvalue weighted by molar-refractivity contribution is -0.127. The third-order valence-electron chi connectivity index (χ3n) is 8.05. The number of nitrogens with zero attached hydrogens (tertiary/aromatic N) is 3. The zero-order chi connectivity index (χ0) is 31.0. The van der Waals surface area contributed by atoms with Crippen LogP contribution >= 0.6 is 0 Å². The van der Waals surface area contributed by atoms with Crippen molar-refractivity contribution in [3.63, 3.8) is 0 Å². The van der Waals surface area contributed by atoms with Crippen LogP contribution in [-0.2, 0) is 17.8 Å². The number of amides is 1. The lowest BCUT2D eigenvalue weighted by atomic mass is 9.99. The molecule has 0 saturated heterocycles. The van der Waals surface area contributed by atoms with E-state index in [2.05, 4.69) is 60.9 Å². The first kappa shape index (κ1) is 33.8. The average molecular weight is 587 g/mol. The summed E-state index contributed by atoms with van der Waals surface area (Å²) >= 11 is 0. The van der Waals surface area contributed by atoms with Gasteiger partial charge in [0.05, 0.1) is 42.2 Å². The molecular weight excluding hydrogens is 536 g/mol. The van der Waals surface area contributed by atoms with Crippen LogP contribution in [0.1, 0.15) is 84.5 Å². The fourth-order valence-corrected chi connectivity index (χ4v) is 4.87. The van der Waals surface area contributed by atoms with Crippen LogP contribution < -0.4 is 0 Å². The van der Waals surface area contributed by atoms with E-state index in [1.807, 2.05) is 42.2 Å². The number of aliphatic hydroxyl groups excluding tert-OH is 1. The van der Waals surface area contributed by atoms with E-state index >= 15 is 0 Å². The number of hydrogen-bond acceptors (Lipinski definition) is 5. The third kappa shape index (κ3) is 10.8. The Morgan fingerprint density at radius 2 is 1.98 bits per heavy atom. The summed E-state index contributed by atoms with van der Waals surface area (Å²) in [5.74, 6) is 0.841. The number of aromatic nitrogens is 2. The number of para-hydroxylation sites is 1. The molecular formula is C36H50N4O3. The minimum absolute atomic E-state index is 0.0472. The van der Waals surface area contributed by atoms with Gasteiger partial charge in [-0.25, -0.2) is 4.98 Å². The lowest BCUT2D eigenvalue weighted by Crippen LogP contribution is -2.38. The summed E-state index contributed by atoms with van der Waals surface area (Å²) in [5, 5.41) is 10.6. The van der Waals surface area contributed by atoms with Gasteiger partial charge in [-0.15, -0.1) is 0 Å². The molecule has 2 aromatic heterocycles. The molecule has 3 aromatic rings. The summed E-state index contributed by atoms with van der Waals surface area (Å²) in [6.07, 6.45) is 18.3. The van der Waals surface area contributed by atoms with Gasteiger partial charge in [0.1, 0.15) is 5.58 Å². The summed E-state index contributed by atoms with van der Waals surface area (Å²) in [6, 6.07) is 9.90. The first-order chi connectivity index (χ1) is 20.9. The molecule has 1 aromatic carbocycles. The van der Waals surface area contributed by atoms with E-state index in [4.69, 9.17) is 4.42 Å². The molecule has 2 N–H and O–H groups in total. The maximum Gasteiger partial charge on any atom is 0.256 e. The Labute approximate surface area is 257 Å². The predicted molar refractivity (Wildman–Crippen MR) is 177 cm³/mol. The van der Waals surface area contributed by atoms with Crippen molar-refractivity contribution in [2.24, 2.45) is 10.9 Å². The summed E-state index contributed by atoms with van der Waals surface area (Å²) in [6.45, 7) is 12.7. The second-order valence-corrected chi connectivity index (χ2v) is 11.4. The predicted octanol–water partition coefficient (Wildman–Crippen LogP) is 7.99. The Hall–Kier alpha value is -3.71. The fourth-order valence-electron chi connectivity index (χ4n) is 4.87. The van der Waals surface area contributed by atoms with E-state index in [0.29, 0.717) is 13.1 Å². The summed E-state index contributed by atoms with van der Waals surface area (Å²) in [5.41, 5.74) is 6.05. The zero-order valence-corrected chi connectivity index (χ0v) is 26.7. The smallest absolute Gasteiger partial charge is 0.256 e. The molecule has 1 amide bonds. The number of H-pyrrole nitrogens is 1. The lowest BCUT2D eigenvalue weighted by Gasteiger charge is -2.27. The van der Waals surface area contributed by atoms with Crippen molar-refractivity contribution in [2.45, 2.75) is 92.2 Å². The number of furan rings is 1. The van der Waals surface area contributed by atoms with Crippen molar-refractivity contribution >= 4 is 23.1 Å². The Morgan fingerprint density at radius 3 is 2.72 bits per heavy atom. The van der Waals surface area contributed by atoms with Gasteiger partial charge in [-0.05, 0) is 63.2 Å². The molecule has 2 unspecified atom stereocenters. The summed E-state index contributed by atoms with van der Waals surface area (Å²) < 4.78 is 5.12. The molecule has 7 heteroatoms. The largest absolute Gasteiger partial charge is 0.464 e. The minimum atomic E-state index is -0.0472. The van der Waals surface area contributed by atoms with Crippen molar-refractivity contribution < 1.29 is 14.3 Å². The van der Waals surface area contributed by atoms with Gasteiger partial charge in [-0.3, -0.25) is 9.79 Å². The molecule has 4 heterocycles. The fraction of sp³-hybridized carbons (Fsp3) is 0.472. The molecule has 2 aliphatic rings. The Kier molecular flexibility index (Phi) is 14.2. The number of carbonyl (C=O) groups excluding carboxylic acids is 1. The van der Waals surface area contributed by atoms with Crippen LogP contribution in [0, 0.1) is 5.92 Å². The quantitative estimate of drug-likeness (QED) is 0.248. The van der Waals surface area contributed by atoms with E-state index in [-0.39, 0.29) is 12.0 Å². The van der Waals surface area contributed by atoms with Gasteiger partial charge >= 0.3 is 0 Å². The van der Waals surface area contributed by atoms with Crippen LogP contribution in [-0.4, -0.2) is 51.3 Å². The maximum absolute atomic E-state index is 12.9. The van der Waals surface area contributed by atoms with Crippen LogP contribution in [0.2, 0.25) is 0 Å². The average Bonchev–Trinajstić information content (AvgIpc) is 3.72. The molecule has 0 aliphatic carbocycles. The van der Waals surface area contributed by atoms with Gasteiger partial charge in [0, 0.05) is 31.1 Å². The zero-order valence-electron chi connectivity index (χ0n) is 26.7.